The highest BCUT2D eigenvalue weighted by Crippen LogP contribution is 2.41. The van der Waals surface area contributed by atoms with E-state index in [0.717, 1.165) is 11.1 Å². The van der Waals surface area contributed by atoms with E-state index in [1.807, 2.05) is 24.3 Å². The molecule has 0 aliphatic carbocycles. The van der Waals surface area contributed by atoms with Crippen LogP contribution in [0, 0.1) is 6.92 Å². The maximum atomic E-state index is 13.7. The van der Waals surface area contributed by atoms with Crippen LogP contribution < -0.4 is 14.9 Å². The molecule has 1 amide bonds. The molecule has 1 aromatic heterocycles. The van der Waals surface area contributed by atoms with Gasteiger partial charge in [-0.3, -0.25) is 9.59 Å². The maximum absolute atomic E-state index is 13.7. The monoisotopic (exact) mass is 491 g/mol. The molecular formula is C27H22ClNO6. The summed E-state index contributed by atoms with van der Waals surface area (Å²) in [5.41, 5.74) is 2.39. The molecule has 0 bridgehead atoms. The van der Waals surface area contributed by atoms with Gasteiger partial charge >= 0.3 is 0 Å². The van der Waals surface area contributed by atoms with Crippen molar-refractivity contribution < 1.29 is 23.8 Å². The van der Waals surface area contributed by atoms with Crippen molar-refractivity contribution in [1.82, 2.24) is 4.90 Å². The quantitative estimate of drug-likeness (QED) is 0.411. The minimum Gasteiger partial charge on any atom is -0.504 e. The van der Waals surface area contributed by atoms with Crippen molar-refractivity contribution in [3.8, 4) is 17.2 Å². The van der Waals surface area contributed by atoms with Crippen molar-refractivity contribution in [2.75, 3.05) is 14.2 Å². The fraction of sp³-hybridized carbons (Fsp3) is 0.185. The van der Waals surface area contributed by atoms with Gasteiger partial charge in [0.05, 0.1) is 31.2 Å². The van der Waals surface area contributed by atoms with E-state index in [1.54, 1.807) is 43.2 Å². The second-order valence-electron chi connectivity index (χ2n) is 8.39. The van der Waals surface area contributed by atoms with Gasteiger partial charge in [-0.15, -0.1) is 0 Å². The summed E-state index contributed by atoms with van der Waals surface area (Å²) in [6.45, 7) is 2.02. The average Bonchev–Trinajstić information content (AvgIpc) is 3.13. The van der Waals surface area contributed by atoms with Crippen LogP contribution in [0.3, 0.4) is 0 Å². The summed E-state index contributed by atoms with van der Waals surface area (Å²) in [7, 11) is 3.02. The topological polar surface area (TPSA) is 89.2 Å². The molecule has 0 radical (unpaired) electrons. The molecule has 0 saturated carbocycles. The Morgan fingerprint density at radius 3 is 2.46 bits per heavy atom. The molecule has 2 heterocycles. The van der Waals surface area contributed by atoms with Crippen LogP contribution in [0.5, 0.6) is 17.2 Å². The van der Waals surface area contributed by atoms with Crippen LogP contribution in [0.4, 0.5) is 0 Å². The summed E-state index contributed by atoms with van der Waals surface area (Å²) in [4.78, 5) is 28.9. The van der Waals surface area contributed by atoms with Gasteiger partial charge in [-0.05, 0) is 60.0 Å². The van der Waals surface area contributed by atoms with Crippen LogP contribution in [-0.2, 0) is 6.54 Å². The Hall–Kier alpha value is -3.97. The number of fused-ring (bicyclic) bond motifs is 2. The summed E-state index contributed by atoms with van der Waals surface area (Å²) < 4.78 is 16.5. The third-order valence-corrected chi connectivity index (χ3v) is 6.69. The zero-order valence-corrected chi connectivity index (χ0v) is 20.1. The fourth-order valence-electron chi connectivity index (χ4n) is 4.44. The van der Waals surface area contributed by atoms with E-state index in [0.29, 0.717) is 27.3 Å². The van der Waals surface area contributed by atoms with Gasteiger partial charge in [0.1, 0.15) is 11.3 Å². The number of methoxy groups -OCH3 is 2. The molecule has 5 rings (SSSR count). The van der Waals surface area contributed by atoms with E-state index < -0.39 is 11.9 Å². The maximum Gasteiger partial charge on any atom is 0.291 e. The number of ether oxygens (including phenoxy) is 2. The lowest BCUT2D eigenvalue weighted by Crippen LogP contribution is -2.29. The molecule has 35 heavy (non-hydrogen) atoms. The van der Waals surface area contributed by atoms with Crippen LogP contribution in [0.1, 0.15) is 38.9 Å². The van der Waals surface area contributed by atoms with Crippen molar-refractivity contribution in [1.29, 1.82) is 0 Å². The molecule has 3 aromatic carbocycles. The van der Waals surface area contributed by atoms with Crippen LogP contribution in [-0.4, -0.2) is 30.1 Å². The number of phenolic OH excluding ortho intramolecular Hbond substituents is 1. The third kappa shape index (κ3) is 3.78. The van der Waals surface area contributed by atoms with Crippen molar-refractivity contribution >= 4 is 28.5 Å². The van der Waals surface area contributed by atoms with Gasteiger partial charge in [-0.1, -0.05) is 29.8 Å². The Morgan fingerprint density at radius 1 is 1.03 bits per heavy atom. The summed E-state index contributed by atoms with van der Waals surface area (Å²) >= 11 is 6.30. The minimum atomic E-state index is -0.755. The van der Waals surface area contributed by atoms with E-state index in [1.165, 1.54) is 13.2 Å². The van der Waals surface area contributed by atoms with Crippen LogP contribution in [0.15, 0.2) is 63.8 Å². The predicted molar refractivity (Wildman–Crippen MR) is 132 cm³/mol. The van der Waals surface area contributed by atoms with Gasteiger partial charge in [0.25, 0.3) is 5.91 Å². The normalized spacial score (nSPS) is 14.9. The highest BCUT2D eigenvalue weighted by Gasteiger charge is 2.43. The number of halogens is 1. The second kappa shape index (κ2) is 8.67. The fourth-order valence-corrected chi connectivity index (χ4v) is 4.61. The Labute approximate surface area is 206 Å². The number of hydrogen-bond acceptors (Lipinski definition) is 6. The van der Waals surface area contributed by atoms with Gasteiger partial charge in [-0.2, -0.15) is 0 Å². The first-order valence-electron chi connectivity index (χ1n) is 10.9. The zero-order chi connectivity index (χ0) is 24.9. The summed E-state index contributed by atoms with van der Waals surface area (Å²) in [6, 6.07) is 14.6. The minimum absolute atomic E-state index is 0.00484. The van der Waals surface area contributed by atoms with Gasteiger partial charge in [0.2, 0.25) is 5.76 Å². The molecule has 0 saturated heterocycles. The Balaban J connectivity index is 1.72. The lowest BCUT2D eigenvalue weighted by Gasteiger charge is -2.25. The third-order valence-electron chi connectivity index (χ3n) is 6.28. The number of nitrogens with zero attached hydrogens (tertiary/aromatic N) is 1. The first-order chi connectivity index (χ1) is 16.8. The smallest absolute Gasteiger partial charge is 0.291 e. The zero-order valence-electron chi connectivity index (χ0n) is 19.3. The van der Waals surface area contributed by atoms with Crippen LogP contribution in [0.2, 0.25) is 5.02 Å². The van der Waals surface area contributed by atoms with Crippen molar-refractivity contribution in [2.24, 2.45) is 0 Å². The number of amides is 1. The van der Waals surface area contributed by atoms with Crippen LogP contribution >= 0.6 is 11.6 Å². The number of aromatic hydroxyl groups is 1. The number of aryl methyl sites for hydroxylation is 1. The average molecular weight is 492 g/mol. The first-order valence-corrected chi connectivity index (χ1v) is 11.3. The van der Waals surface area contributed by atoms with E-state index in [2.05, 4.69) is 0 Å². The highest BCUT2D eigenvalue weighted by atomic mass is 35.5. The van der Waals surface area contributed by atoms with E-state index in [9.17, 15) is 14.7 Å². The number of carbonyl (C=O) groups excluding carboxylic acids is 1. The van der Waals surface area contributed by atoms with Gasteiger partial charge in [0.15, 0.2) is 16.9 Å². The van der Waals surface area contributed by atoms with Gasteiger partial charge in [0, 0.05) is 11.6 Å². The molecule has 1 aliphatic rings. The SMILES string of the molecule is COc1ccc(CN2C(=O)c3oc4cc(C)c(Cl)cc4c(=O)c3[C@@H]2c2ccc(O)c(OC)c2)cc1. The number of hydrogen-bond donors (Lipinski definition) is 1. The highest BCUT2D eigenvalue weighted by molar-refractivity contribution is 6.32. The Bertz CT molecular complexity index is 1530. The number of benzene rings is 3. The van der Waals surface area contributed by atoms with Crippen molar-refractivity contribution in [2.45, 2.75) is 19.5 Å². The number of phenols is 1. The molecule has 0 fully saturated rings. The lowest BCUT2D eigenvalue weighted by atomic mass is 9.97. The standard InChI is InChI=1S/C27H22ClNO6/c1-14-10-21-18(12-19(14)28)25(31)23-24(16-6-9-20(30)22(11-16)34-3)29(27(32)26(23)35-21)13-15-4-7-17(33-2)8-5-15/h4-12,24,30H,13H2,1-3H3/t24-/m0/s1. The van der Waals surface area contributed by atoms with E-state index in [4.69, 9.17) is 25.5 Å². The molecule has 0 spiro atoms. The molecule has 178 valence electrons. The van der Waals surface area contributed by atoms with Gasteiger partial charge in [-0.25, -0.2) is 0 Å². The van der Waals surface area contributed by atoms with E-state index >= 15 is 0 Å². The van der Waals surface area contributed by atoms with Crippen LogP contribution in [0.25, 0.3) is 11.0 Å². The van der Waals surface area contributed by atoms with Gasteiger partial charge < -0.3 is 23.9 Å². The molecule has 7 nitrogen and oxygen atoms in total. The lowest BCUT2D eigenvalue weighted by molar-refractivity contribution is 0.0714. The van der Waals surface area contributed by atoms with Crippen molar-refractivity contribution in [3.05, 3.63) is 97.9 Å². The molecular weight excluding hydrogens is 470 g/mol. The molecule has 0 unspecified atom stereocenters. The Kier molecular flexibility index (Phi) is 5.65. The Morgan fingerprint density at radius 2 is 1.77 bits per heavy atom. The molecule has 1 atom stereocenters. The number of carbonyl (C=O) groups is 1. The second-order valence-corrected chi connectivity index (χ2v) is 8.79. The van der Waals surface area contributed by atoms with E-state index in [-0.39, 0.29) is 34.8 Å². The summed E-state index contributed by atoms with van der Waals surface area (Å²) in [6.07, 6.45) is 0. The molecule has 4 aromatic rings. The summed E-state index contributed by atoms with van der Waals surface area (Å²) in [5.74, 6) is 0.473. The molecule has 8 heteroatoms. The largest absolute Gasteiger partial charge is 0.504 e. The van der Waals surface area contributed by atoms with Crippen molar-refractivity contribution in [3.63, 3.8) is 0 Å². The molecule has 1 N–H and O–H groups in total. The predicted octanol–water partition coefficient (Wildman–Crippen LogP) is 5.22. The summed E-state index contributed by atoms with van der Waals surface area (Å²) in [5, 5.41) is 10.9. The molecule has 1 aliphatic heterocycles. The number of rotatable bonds is 5. The first kappa shape index (κ1) is 22.8.